The fraction of sp³-hybridized carbons (Fsp3) is 0.167. The average molecular weight is 172 g/mol. The zero-order valence-corrected chi connectivity index (χ0v) is 7.71. The van der Waals surface area contributed by atoms with Crippen molar-refractivity contribution in [3.63, 3.8) is 0 Å². The highest BCUT2D eigenvalue weighted by Crippen LogP contribution is 1.96. The van der Waals surface area contributed by atoms with Crippen LogP contribution in [-0.4, -0.2) is 6.61 Å². The van der Waals surface area contributed by atoms with E-state index in [9.17, 15) is 0 Å². The Kier molecular flexibility index (Phi) is 3.66. The maximum absolute atomic E-state index is 5.10. The quantitative estimate of drug-likeness (QED) is 0.492. The molecule has 1 aromatic carbocycles. The Morgan fingerprint density at radius 3 is 2.69 bits per heavy atom. The minimum atomic E-state index is 0.520. The van der Waals surface area contributed by atoms with E-state index >= 15 is 0 Å². The van der Waals surface area contributed by atoms with Crippen LogP contribution in [0.5, 0.6) is 0 Å². The third-order valence-corrected chi connectivity index (χ3v) is 1.44. The van der Waals surface area contributed by atoms with Crippen LogP contribution in [0.4, 0.5) is 0 Å². The van der Waals surface area contributed by atoms with E-state index in [1.54, 1.807) is 0 Å². The average Bonchev–Trinajstić information content (AvgIpc) is 2.17. The first-order valence-electron chi connectivity index (χ1n) is 4.21. The number of benzene rings is 1. The minimum absolute atomic E-state index is 0.520. The zero-order valence-electron chi connectivity index (χ0n) is 7.71. The van der Waals surface area contributed by atoms with Gasteiger partial charge in [0.1, 0.15) is 0 Å². The van der Waals surface area contributed by atoms with Crippen molar-refractivity contribution in [2.24, 2.45) is 0 Å². The molecule has 0 radical (unpaired) electrons. The van der Waals surface area contributed by atoms with Gasteiger partial charge in [-0.3, -0.25) is 0 Å². The van der Waals surface area contributed by atoms with Gasteiger partial charge in [0, 0.05) is 5.56 Å². The monoisotopic (exact) mass is 172 g/mol. The lowest BCUT2D eigenvalue weighted by Gasteiger charge is -1.96. The van der Waals surface area contributed by atoms with Crippen molar-refractivity contribution >= 4 is 0 Å². The third-order valence-electron chi connectivity index (χ3n) is 1.44. The van der Waals surface area contributed by atoms with Gasteiger partial charge in [-0.1, -0.05) is 24.1 Å². The van der Waals surface area contributed by atoms with Gasteiger partial charge in [-0.05, 0) is 31.6 Å². The van der Waals surface area contributed by atoms with Crippen LogP contribution >= 0.6 is 0 Å². The molecule has 0 aromatic heterocycles. The first-order chi connectivity index (χ1) is 6.33. The van der Waals surface area contributed by atoms with Crippen molar-refractivity contribution in [3.8, 4) is 11.8 Å². The fourth-order valence-corrected chi connectivity index (χ4v) is 0.874. The predicted octanol–water partition coefficient (Wildman–Crippen LogP) is 2.59. The Balaban J connectivity index is 2.62. The van der Waals surface area contributed by atoms with E-state index < -0.39 is 0 Å². The van der Waals surface area contributed by atoms with Crippen molar-refractivity contribution in [3.05, 3.63) is 48.2 Å². The Bertz CT molecular complexity index is 327. The topological polar surface area (TPSA) is 9.23 Å². The van der Waals surface area contributed by atoms with E-state index in [1.165, 1.54) is 0 Å². The summed E-state index contributed by atoms with van der Waals surface area (Å²) in [5.41, 5.74) is 0.975. The van der Waals surface area contributed by atoms with Crippen molar-refractivity contribution in [2.45, 2.75) is 6.92 Å². The molecule has 0 saturated heterocycles. The van der Waals surface area contributed by atoms with E-state index in [1.807, 2.05) is 37.3 Å². The molecule has 0 amide bonds. The second-order valence-electron chi connectivity index (χ2n) is 2.47. The lowest BCUT2D eigenvalue weighted by atomic mass is 10.2. The van der Waals surface area contributed by atoms with Gasteiger partial charge in [-0.15, -0.1) is 0 Å². The molecule has 0 atom stereocenters. The summed E-state index contributed by atoms with van der Waals surface area (Å²) in [6.07, 6.45) is 0. The zero-order chi connectivity index (χ0) is 9.52. The molecule has 0 aliphatic carbocycles. The van der Waals surface area contributed by atoms with E-state index in [0.717, 1.165) is 5.56 Å². The highest BCUT2D eigenvalue weighted by molar-refractivity contribution is 5.37. The largest absolute Gasteiger partial charge is 0.486 e. The van der Waals surface area contributed by atoms with Crippen LogP contribution < -0.4 is 0 Å². The molecule has 0 unspecified atom stereocenters. The van der Waals surface area contributed by atoms with E-state index in [4.69, 9.17) is 4.74 Å². The standard InChI is InChI=1S/C12H12O/c1-3-13-11(2)9-10-12-7-5-4-6-8-12/h4-8H,2-3H2,1H3. The summed E-state index contributed by atoms with van der Waals surface area (Å²) in [5, 5.41) is 0. The van der Waals surface area contributed by atoms with Gasteiger partial charge in [0.15, 0.2) is 5.76 Å². The molecule has 1 nitrogen and oxygen atoms in total. The number of hydrogen-bond donors (Lipinski definition) is 0. The van der Waals surface area contributed by atoms with Crippen LogP contribution in [-0.2, 0) is 4.74 Å². The molecule has 0 spiro atoms. The van der Waals surface area contributed by atoms with Crippen LogP contribution in [0.3, 0.4) is 0 Å². The molecule has 1 heteroatoms. The lowest BCUT2D eigenvalue weighted by molar-refractivity contribution is 0.248. The van der Waals surface area contributed by atoms with Crippen LogP contribution in [0.2, 0.25) is 0 Å². The molecule has 13 heavy (non-hydrogen) atoms. The first kappa shape index (κ1) is 9.41. The molecule has 0 bridgehead atoms. The molecule has 1 aromatic rings. The van der Waals surface area contributed by atoms with Gasteiger partial charge >= 0.3 is 0 Å². The van der Waals surface area contributed by atoms with Gasteiger partial charge in [-0.25, -0.2) is 0 Å². The van der Waals surface area contributed by atoms with Gasteiger partial charge in [-0.2, -0.15) is 0 Å². The molecule has 0 fully saturated rings. The normalized spacial score (nSPS) is 8.38. The molecule has 0 aliphatic heterocycles. The Morgan fingerprint density at radius 2 is 2.08 bits per heavy atom. The Hall–Kier alpha value is -1.68. The molecule has 66 valence electrons. The molecule has 0 heterocycles. The molecular weight excluding hydrogens is 160 g/mol. The maximum atomic E-state index is 5.10. The van der Waals surface area contributed by atoms with Gasteiger partial charge < -0.3 is 4.74 Å². The molecular formula is C12H12O. The van der Waals surface area contributed by atoms with Crippen LogP contribution in [0.25, 0.3) is 0 Å². The van der Waals surface area contributed by atoms with E-state index in [0.29, 0.717) is 12.4 Å². The SMILES string of the molecule is C=C(C#Cc1ccccc1)OCC. The van der Waals surface area contributed by atoms with Crippen LogP contribution in [0, 0.1) is 11.8 Å². The minimum Gasteiger partial charge on any atom is -0.486 e. The van der Waals surface area contributed by atoms with Gasteiger partial charge in [0.2, 0.25) is 0 Å². The van der Waals surface area contributed by atoms with Gasteiger partial charge in [0.25, 0.3) is 0 Å². The summed E-state index contributed by atoms with van der Waals surface area (Å²) in [7, 11) is 0. The Morgan fingerprint density at radius 1 is 1.38 bits per heavy atom. The molecule has 0 N–H and O–H groups in total. The maximum Gasteiger partial charge on any atom is 0.163 e. The van der Waals surface area contributed by atoms with Crippen LogP contribution in [0.15, 0.2) is 42.7 Å². The number of rotatable bonds is 2. The summed E-state index contributed by atoms with van der Waals surface area (Å²) < 4.78 is 5.10. The second-order valence-corrected chi connectivity index (χ2v) is 2.47. The Labute approximate surface area is 79.0 Å². The molecule has 0 aliphatic rings. The molecule has 0 saturated carbocycles. The van der Waals surface area contributed by atoms with Crippen molar-refractivity contribution in [1.29, 1.82) is 0 Å². The summed E-state index contributed by atoms with van der Waals surface area (Å²) in [5.74, 6) is 6.31. The van der Waals surface area contributed by atoms with Crippen molar-refractivity contribution in [1.82, 2.24) is 0 Å². The van der Waals surface area contributed by atoms with E-state index in [2.05, 4.69) is 18.4 Å². The number of allylic oxidation sites excluding steroid dienone is 1. The smallest absolute Gasteiger partial charge is 0.163 e. The van der Waals surface area contributed by atoms with Gasteiger partial charge in [0.05, 0.1) is 6.61 Å². The number of hydrogen-bond acceptors (Lipinski definition) is 1. The number of ether oxygens (including phenoxy) is 1. The first-order valence-corrected chi connectivity index (χ1v) is 4.21. The third kappa shape index (κ3) is 3.48. The fourth-order valence-electron chi connectivity index (χ4n) is 0.874. The predicted molar refractivity (Wildman–Crippen MR) is 54.1 cm³/mol. The molecule has 1 rings (SSSR count). The highest BCUT2D eigenvalue weighted by atomic mass is 16.5. The summed E-state index contributed by atoms with van der Waals surface area (Å²) in [6.45, 7) is 6.19. The second kappa shape index (κ2) is 5.05. The summed E-state index contributed by atoms with van der Waals surface area (Å²) in [4.78, 5) is 0. The van der Waals surface area contributed by atoms with Crippen LogP contribution in [0.1, 0.15) is 12.5 Å². The van der Waals surface area contributed by atoms with E-state index in [-0.39, 0.29) is 0 Å². The van der Waals surface area contributed by atoms with Crippen molar-refractivity contribution in [2.75, 3.05) is 6.61 Å². The lowest BCUT2D eigenvalue weighted by Crippen LogP contribution is -1.85. The summed E-state index contributed by atoms with van der Waals surface area (Å²) >= 11 is 0. The van der Waals surface area contributed by atoms with Crippen molar-refractivity contribution < 1.29 is 4.74 Å². The summed E-state index contributed by atoms with van der Waals surface area (Å²) in [6, 6.07) is 9.77. The highest BCUT2D eigenvalue weighted by Gasteiger charge is 1.84.